The number of pyridine rings is 1. The molecule has 0 bridgehead atoms. The summed E-state index contributed by atoms with van der Waals surface area (Å²) < 4.78 is 0. The summed E-state index contributed by atoms with van der Waals surface area (Å²) in [4.78, 5) is 64.7. The summed E-state index contributed by atoms with van der Waals surface area (Å²) in [5, 5.41) is 16.7. The molecule has 1 aliphatic heterocycles. The largest absolute Gasteiger partial charge is 0.391 e. The summed E-state index contributed by atoms with van der Waals surface area (Å²) in [7, 11) is 0. The normalized spacial score (nSPS) is 17.0. The number of unbranched alkanes of at least 4 members (excludes halogenated alkanes) is 4. The van der Waals surface area contributed by atoms with E-state index in [0.29, 0.717) is 25.8 Å². The Morgan fingerprint density at radius 2 is 1.71 bits per heavy atom. The number of hydrogen-bond donors (Lipinski definition) is 3. The molecule has 3 amide bonds. The Bertz CT molecular complexity index is 2070. The SMILES string of the molecule is Cc1ncsc1-c1ccc([C@H](C)NC(=O)[C@@H]2C[C@@H](O)CN2C(=O)[C@@H](CC(=O)CCCCCCCNC(=O)CCc2ccc3c(c2)Cc2ccncc2-3)C(C)(C)C)cc1. The summed E-state index contributed by atoms with van der Waals surface area (Å²) in [6.07, 6.45) is 10.2. The van der Waals surface area contributed by atoms with E-state index in [0.717, 1.165) is 60.2 Å². The summed E-state index contributed by atoms with van der Waals surface area (Å²) in [5.41, 5.74) is 10.5. The van der Waals surface area contributed by atoms with Gasteiger partial charge in [0.05, 0.1) is 28.2 Å². The van der Waals surface area contributed by atoms with Gasteiger partial charge < -0.3 is 20.6 Å². The highest BCUT2D eigenvalue weighted by Crippen LogP contribution is 2.37. The second-order valence-electron chi connectivity index (χ2n) is 17.2. The number of nitrogens with one attached hydrogen (secondary N) is 2. The summed E-state index contributed by atoms with van der Waals surface area (Å²) in [6, 6.07) is 15.5. The first-order valence-electron chi connectivity index (χ1n) is 20.9. The van der Waals surface area contributed by atoms with Gasteiger partial charge in [0.2, 0.25) is 17.7 Å². The van der Waals surface area contributed by atoms with Gasteiger partial charge in [0.1, 0.15) is 11.8 Å². The van der Waals surface area contributed by atoms with Crippen LogP contribution in [0.5, 0.6) is 0 Å². The van der Waals surface area contributed by atoms with Crippen LogP contribution in [0.25, 0.3) is 21.6 Å². The minimum Gasteiger partial charge on any atom is -0.391 e. The fourth-order valence-corrected chi connectivity index (χ4v) is 9.09. The Morgan fingerprint density at radius 1 is 0.948 bits per heavy atom. The molecule has 1 aliphatic carbocycles. The van der Waals surface area contributed by atoms with Crippen molar-refractivity contribution in [2.75, 3.05) is 13.1 Å². The highest BCUT2D eigenvalue weighted by Gasteiger charge is 2.44. The van der Waals surface area contributed by atoms with E-state index in [1.165, 1.54) is 32.7 Å². The van der Waals surface area contributed by atoms with Crippen LogP contribution in [0.15, 0.2) is 66.4 Å². The number of aliphatic hydroxyl groups excluding tert-OH is 1. The lowest BCUT2D eigenvalue weighted by atomic mass is 9.76. The third-order valence-electron chi connectivity index (χ3n) is 11.8. The molecule has 1 fully saturated rings. The number of nitrogens with zero attached hydrogens (tertiary/aromatic N) is 3. The van der Waals surface area contributed by atoms with Crippen molar-refractivity contribution >= 4 is 34.8 Å². The zero-order chi connectivity index (χ0) is 41.4. The maximum atomic E-state index is 14.1. The first kappa shape index (κ1) is 42.9. The van der Waals surface area contributed by atoms with E-state index < -0.39 is 23.5 Å². The van der Waals surface area contributed by atoms with Crippen molar-refractivity contribution in [1.29, 1.82) is 0 Å². The van der Waals surface area contributed by atoms with Gasteiger partial charge in [0, 0.05) is 62.6 Å². The topological polar surface area (TPSA) is 142 Å². The van der Waals surface area contributed by atoms with Crippen LogP contribution >= 0.6 is 11.3 Å². The molecule has 4 atom stereocenters. The molecule has 2 aromatic heterocycles. The van der Waals surface area contributed by atoms with Gasteiger partial charge in [-0.25, -0.2) is 4.98 Å². The fraction of sp³-hybridized carbons (Fsp3) is 0.489. The average molecular weight is 806 g/mol. The molecule has 1 saturated heterocycles. The highest BCUT2D eigenvalue weighted by atomic mass is 32.1. The van der Waals surface area contributed by atoms with Gasteiger partial charge in [-0.15, -0.1) is 11.3 Å². The van der Waals surface area contributed by atoms with Crippen molar-refractivity contribution < 1.29 is 24.3 Å². The first-order chi connectivity index (χ1) is 27.8. The van der Waals surface area contributed by atoms with E-state index in [1.54, 1.807) is 11.3 Å². The number of aromatic nitrogens is 2. The van der Waals surface area contributed by atoms with E-state index in [1.807, 2.05) is 76.8 Å². The van der Waals surface area contributed by atoms with E-state index in [4.69, 9.17) is 0 Å². The molecule has 10 nitrogen and oxygen atoms in total. The van der Waals surface area contributed by atoms with E-state index in [2.05, 4.69) is 44.9 Å². The van der Waals surface area contributed by atoms with Gasteiger partial charge in [0.25, 0.3) is 0 Å². The molecule has 0 saturated carbocycles. The van der Waals surface area contributed by atoms with Crippen LogP contribution in [0.1, 0.15) is 119 Å². The number of aryl methyl sites for hydroxylation is 2. The number of amides is 3. The van der Waals surface area contributed by atoms with Crippen LogP contribution in [-0.4, -0.2) is 68.7 Å². The molecule has 2 aromatic carbocycles. The number of carbonyl (C=O) groups is 4. The number of aliphatic hydroxyl groups is 1. The number of benzene rings is 2. The lowest BCUT2D eigenvalue weighted by Crippen LogP contribution is -2.50. The number of ketones is 1. The molecule has 11 heteroatoms. The maximum absolute atomic E-state index is 14.1. The molecule has 4 aromatic rings. The van der Waals surface area contributed by atoms with E-state index in [-0.39, 0.29) is 48.9 Å². The predicted molar refractivity (Wildman–Crippen MR) is 229 cm³/mol. The third-order valence-corrected chi connectivity index (χ3v) is 12.7. The second-order valence-corrected chi connectivity index (χ2v) is 18.1. The van der Waals surface area contributed by atoms with Crippen LogP contribution in [0.2, 0.25) is 0 Å². The summed E-state index contributed by atoms with van der Waals surface area (Å²) in [5.74, 6) is -1.07. The Hall–Kier alpha value is -4.74. The molecular formula is C47H59N5O5S. The molecule has 0 unspecified atom stereocenters. The van der Waals surface area contributed by atoms with Crippen molar-refractivity contribution in [3.8, 4) is 21.6 Å². The van der Waals surface area contributed by atoms with Crippen LogP contribution in [0, 0.1) is 18.3 Å². The molecule has 58 heavy (non-hydrogen) atoms. The number of fused-ring (bicyclic) bond motifs is 3. The molecular weight excluding hydrogens is 747 g/mol. The van der Waals surface area contributed by atoms with Crippen molar-refractivity contribution in [1.82, 2.24) is 25.5 Å². The Labute approximate surface area is 347 Å². The van der Waals surface area contributed by atoms with Gasteiger partial charge in [-0.05, 0) is 84.4 Å². The molecule has 6 rings (SSSR count). The van der Waals surface area contributed by atoms with Crippen LogP contribution in [0.4, 0.5) is 0 Å². The number of likely N-dealkylation sites (tertiary alicyclic amines) is 1. The Kier molecular flexibility index (Phi) is 14.3. The molecule has 2 aliphatic rings. The number of carbonyl (C=O) groups excluding carboxylic acids is 4. The van der Waals surface area contributed by atoms with Gasteiger partial charge in [0.15, 0.2) is 0 Å². The van der Waals surface area contributed by atoms with Crippen LogP contribution in [-0.2, 0) is 32.0 Å². The lowest BCUT2D eigenvalue weighted by molar-refractivity contribution is -0.146. The van der Waals surface area contributed by atoms with Crippen LogP contribution in [0.3, 0.4) is 0 Å². The third kappa shape index (κ3) is 10.8. The van der Waals surface area contributed by atoms with Crippen LogP contribution < -0.4 is 10.6 Å². The lowest BCUT2D eigenvalue weighted by Gasteiger charge is -2.35. The smallest absolute Gasteiger partial charge is 0.243 e. The van der Waals surface area contributed by atoms with Crippen molar-refractivity contribution in [2.24, 2.45) is 11.3 Å². The molecule has 3 heterocycles. The summed E-state index contributed by atoms with van der Waals surface area (Å²) >= 11 is 1.59. The number of Topliss-reactive ketones (excluding diaryl/α,β-unsaturated/α-hetero) is 1. The first-order valence-corrected chi connectivity index (χ1v) is 21.8. The monoisotopic (exact) mass is 805 g/mol. The van der Waals surface area contributed by atoms with Gasteiger partial charge in [-0.3, -0.25) is 24.2 Å². The number of rotatable bonds is 18. The van der Waals surface area contributed by atoms with Crippen molar-refractivity contribution in [3.05, 3.63) is 94.4 Å². The molecule has 308 valence electrons. The number of β-amino-alcohol motifs (C(OH)–C–C–N with tert-alkyl or cyclic N) is 1. The van der Waals surface area contributed by atoms with E-state index in [9.17, 15) is 24.3 Å². The number of hydrogen-bond acceptors (Lipinski definition) is 8. The zero-order valence-electron chi connectivity index (χ0n) is 34.7. The van der Waals surface area contributed by atoms with Gasteiger partial charge in [-0.1, -0.05) is 82.5 Å². The van der Waals surface area contributed by atoms with Crippen molar-refractivity contribution in [3.63, 3.8) is 0 Å². The van der Waals surface area contributed by atoms with E-state index >= 15 is 0 Å². The standard InChI is InChI=1S/C47H59N5O5S/c1-30(33-14-16-34(17-15-33)44-31(2)50-29-58-44)51-45(56)42-26-38(54)28-52(42)46(57)41(47(3,4)5)25-37(53)11-9-7-6-8-10-21-49-43(55)19-13-32-12-18-39-36(23-32)24-35-20-22-48-27-40(35)39/h12,14-18,20,22-23,27,29-30,38,41-42,54H,6-11,13,19,21,24-26,28H2,1-5H3,(H,49,55)(H,51,56)/t30-,38+,41+,42-/m0/s1. The Morgan fingerprint density at radius 3 is 2.45 bits per heavy atom. The second kappa shape index (κ2) is 19.3. The molecule has 0 spiro atoms. The Balaban J connectivity index is 0.883. The number of thiazole rings is 1. The maximum Gasteiger partial charge on any atom is 0.243 e. The predicted octanol–water partition coefficient (Wildman–Crippen LogP) is 7.93. The van der Waals surface area contributed by atoms with Crippen molar-refractivity contribution in [2.45, 2.75) is 123 Å². The fourth-order valence-electron chi connectivity index (χ4n) is 8.28. The average Bonchev–Trinajstić information content (AvgIpc) is 3.92. The quantitative estimate of drug-likeness (QED) is 0.0764. The molecule has 3 N–H and O–H groups in total. The summed E-state index contributed by atoms with van der Waals surface area (Å²) in [6.45, 7) is 10.5. The molecule has 0 radical (unpaired) electrons. The van der Waals surface area contributed by atoms with Gasteiger partial charge in [-0.2, -0.15) is 0 Å². The minimum atomic E-state index is -0.811. The zero-order valence-corrected chi connectivity index (χ0v) is 35.5. The van der Waals surface area contributed by atoms with Gasteiger partial charge >= 0.3 is 0 Å². The highest BCUT2D eigenvalue weighted by molar-refractivity contribution is 7.13. The minimum absolute atomic E-state index is 0.0387.